The van der Waals surface area contributed by atoms with Gasteiger partial charge in [-0.2, -0.15) is 5.10 Å². The molecule has 0 bridgehead atoms. The second-order valence-corrected chi connectivity index (χ2v) is 7.86. The first kappa shape index (κ1) is 21.6. The van der Waals surface area contributed by atoms with E-state index in [2.05, 4.69) is 10.4 Å². The number of amides is 1. The van der Waals surface area contributed by atoms with Crippen LogP contribution in [0.15, 0.2) is 50.6 Å². The molecule has 166 valence electrons. The highest BCUT2D eigenvalue weighted by atomic mass is 35.5. The molecule has 0 aliphatic rings. The van der Waals surface area contributed by atoms with E-state index in [0.29, 0.717) is 34.2 Å². The molecule has 3 aromatic heterocycles. The van der Waals surface area contributed by atoms with E-state index in [1.807, 2.05) is 13.8 Å². The Morgan fingerprint density at radius 1 is 1.16 bits per heavy atom. The first-order valence-corrected chi connectivity index (χ1v) is 10.5. The third-order valence-corrected chi connectivity index (χ3v) is 5.63. The summed E-state index contributed by atoms with van der Waals surface area (Å²) >= 11 is 6.14. The lowest BCUT2D eigenvalue weighted by Crippen LogP contribution is -2.42. The minimum Gasteiger partial charge on any atom is -0.467 e. The summed E-state index contributed by atoms with van der Waals surface area (Å²) < 4.78 is 9.20. The van der Waals surface area contributed by atoms with Crippen LogP contribution in [0.5, 0.6) is 0 Å². The van der Waals surface area contributed by atoms with Crippen molar-refractivity contribution in [2.45, 2.75) is 40.4 Å². The molecule has 4 aromatic rings. The topological polar surface area (TPSA) is 104 Å². The zero-order chi connectivity index (χ0) is 23.0. The van der Waals surface area contributed by atoms with Crippen LogP contribution in [-0.2, 0) is 24.4 Å². The summed E-state index contributed by atoms with van der Waals surface area (Å²) in [7, 11) is 0. The molecule has 1 N–H and O–H groups in total. The number of hydrogen-bond acceptors (Lipinski definition) is 5. The van der Waals surface area contributed by atoms with E-state index < -0.39 is 17.2 Å². The number of halogens is 1. The number of aryl methyl sites for hydroxylation is 3. The lowest BCUT2D eigenvalue weighted by molar-refractivity contribution is -0.116. The number of hydrogen-bond donors (Lipinski definition) is 1. The van der Waals surface area contributed by atoms with Crippen molar-refractivity contribution in [3.05, 3.63) is 79.5 Å². The molecule has 0 radical (unpaired) electrons. The fraction of sp³-hybridized carbons (Fsp3) is 0.273. The number of benzene rings is 1. The number of nitrogens with one attached hydrogen (secondary N) is 1. The number of fused-ring (bicyclic) bond motifs is 1. The Morgan fingerprint density at radius 3 is 2.59 bits per heavy atom. The van der Waals surface area contributed by atoms with Crippen molar-refractivity contribution in [3.63, 3.8) is 0 Å². The Balaban J connectivity index is 1.81. The normalized spacial score (nSPS) is 11.2. The molecule has 10 heteroatoms. The lowest BCUT2D eigenvalue weighted by atomic mass is 10.2. The van der Waals surface area contributed by atoms with Gasteiger partial charge in [0.1, 0.15) is 17.8 Å². The van der Waals surface area contributed by atoms with E-state index in [1.165, 1.54) is 10.8 Å². The highest BCUT2D eigenvalue weighted by Gasteiger charge is 2.22. The highest BCUT2D eigenvalue weighted by molar-refractivity contribution is 6.31. The fourth-order valence-electron chi connectivity index (χ4n) is 3.65. The average Bonchev–Trinajstić information content (AvgIpc) is 3.38. The second kappa shape index (κ2) is 8.51. The van der Waals surface area contributed by atoms with Crippen molar-refractivity contribution in [3.8, 4) is 0 Å². The monoisotopic (exact) mass is 455 g/mol. The van der Waals surface area contributed by atoms with Gasteiger partial charge in [-0.1, -0.05) is 17.7 Å². The molecule has 0 unspecified atom stereocenters. The van der Waals surface area contributed by atoms with E-state index in [-0.39, 0.29) is 18.6 Å². The van der Waals surface area contributed by atoms with E-state index in [9.17, 15) is 14.4 Å². The first-order chi connectivity index (χ1) is 15.3. The largest absolute Gasteiger partial charge is 0.467 e. The number of rotatable bonds is 6. The van der Waals surface area contributed by atoms with Gasteiger partial charge in [-0.3, -0.25) is 23.4 Å². The predicted molar refractivity (Wildman–Crippen MR) is 121 cm³/mol. The van der Waals surface area contributed by atoms with Crippen LogP contribution < -0.4 is 16.6 Å². The van der Waals surface area contributed by atoms with Gasteiger partial charge in [-0.15, -0.1) is 0 Å². The Labute approximate surface area is 187 Å². The SMILES string of the molecule is CCn1nc(C)c2c1c(=O)n(Cc1ccco1)c(=O)n2CC(=O)Nc1ccc(C)c(Cl)c1. The Morgan fingerprint density at radius 2 is 1.94 bits per heavy atom. The molecule has 4 rings (SSSR count). The molecule has 1 aromatic carbocycles. The highest BCUT2D eigenvalue weighted by Crippen LogP contribution is 2.20. The molecule has 32 heavy (non-hydrogen) atoms. The fourth-order valence-corrected chi connectivity index (χ4v) is 3.83. The Bertz CT molecular complexity index is 1430. The molecular formula is C22H22ClN5O4. The van der Waals surface area contributed by atoms with Gasteiger partial charge in [-0.25, -0.2) is 4.79 Å². The third kappa shape index (κ3) is 3.87. The third-order valence-electron chi connectivity index (χ3n) is 5.23. The quantitative estimate of drug-likeness (QED) is 0.481. The van der Waals surface area contributed by atoms with Gasteiger partial charge >= 0.3 is 5.69 Å². The lowest BCUT2D eigenvalue weighted by Gasteiger charge is -2.13. The first-order valence-electron chi connectivity index (χ1n) is 10.1. The van der Waals surface area contributed by atoms with E-state index >= 15 is 0 Å². The number of aromatic nitrogens is 4. The molecule has 1 amide bonds. The number of anilines is 1. The maximum atomic E-state index is 13.3. The van der Waals surface area contributed by atoms with Crippen molar-refractivity contribution in [2.24, 2.45) is 0 Å². The Kier molecular flexibility index (Phi) is 5.75. The maximum Gasteiger partial charge on any atom is 0.332 e. The van der Waals surface area contributed by atoms with Crippen molar-refractivity contribution < 1.29 is 9.21 Å². The summed E-state index contributed by atoms with van der Waals surface area (Å²) in [6.45, 7) is 5.51. The van der Waals surface area contributed by atoms with Gasteiger partial charge in [0, 0.05) is 17.3 Å². The van der Waals surface area contributed by atoms with Crippen LogP contribution in [0.25, 0.3) is 11.0 Å². The molecule has 3 heterocycles. The van der Waals surface area contributed by atoms with Crippen molar-refractivity contribution in [1.82, 2.24) is 18.9 Å². The van der Waals surface area contributed by atoms with E-state index in [4.69, 9.17) is 16.0 Å². The van der Waals surface area contributed by atoms with E-state index in [1.54, 1.807) is 41.9 Å². The number of carbonyl (C=O) groups is 1. The molecule has 0 fully saturated rings. The van der Waals surface area contributed by atoms with Crippen molar-refractivity contribution >= 4 is 34.2 Å². The zero-order valence-corrected chi connectivity index (χ0v) is 18.6. The van der Waals surface area contributed by atoms with Crippen molar-refractivity contribution in [1.29, 1.82) is 0 Å². The van der Waals surface area contributed by atoms with Crippen LogP contribution >= 0.6 is 11.6 Å². The van der Waals surface area contributed by atoms with Crippen molar-refractivity contribution in [2.75, 3.05) is 5.32 Å². The molecule has 0 spiro atoms. The average molecular weight is 456 g/mol. The molecule has 0 aliphatic heterocycles. The van der Waals surface area contributed by atoms with Gasteiger partial charge in [0.2, 0.25) is 5.91 Å². The minimum atomic E-state index is -0.616. The van der Waals surface area contributed by atoms with Crippen LogP contribution in [-0.4, -0.2) is 24.8 Å². The number of nitrogens with zero attached hydrogens (tertiary/aromatic N) is 4. The van der Waals surface area contributed by atoms with E-state index in [0.717, 1.165) is 10.1 Å². The standard InChI is InChI=1S/C22H22ClN5O4/c1-4-28-20-19(14(3)25-28)26(12-18(29)24-15-8-7-13(2)17(23)10-15)22(31)27(21(20)30)11-16-6-5-9-32-16/h5-10H,4,11-12H2,1-3H3,(H,24,29). The second-order valence-electron chi connectivity index (χ2n) is 7.45. The molecule has 0 saturated heterocycles. The smallest absolute Gasteiger partial charge is 0.332 e. The minimum absolute atomic E-state index is 0.0518. The number of carbonyl (C=O) groups excluding carboxylic acids is 1. The summed E-state index contributed by atoms with van der Waals surface area (Å²) in [4.78, 5) is 39.3. The Hall–Kier alpha value is -3.59. The van der Waals surface area contributed by atoms with Crippen LogP contribution in [0.1, 0.15) is 23.9 Å². The molecule has 0 saturated carbocycles. The maximum absolute atomic E-state index is 13.3. The summed E-state index contributed by atoms with van der Waals surface area (Å²) in [5, 5.41) is 7.67. The summed E-state index contributed by atoms with van der Waals surface area (Å²) in [5.74, 6) is 0.0216. The summed E-state index contributed by atoms with van der Waals surface area (Å²) in [5.41, 5.74) is 1.40. The van der Waals surface area contributed by atoms with Crippen LogP contribution in [0, 0.1) is 13.8 Å². The zero-order valence-electron chi connectivity index (χ0n) is 17.9. The van der Waals surface area contributed by atoms with Gasteiger partial charge in [0.05, 0.1) is 18.5 Å². The summed E-state index contributed by atoms with van der Waals surface area (Å²) in [6, 6.07) is 8.52. The number of furan rings is 1. The van der Waals surface area contributed by atoms with Gasteiger partial charge in [-0.05, 0) is 50.6 Å². The predicted octanol–water partition coefficient (Wildman–Crippen LogP) is 2.93. The molecule has 0 atom stereocenters. The molecular weight excluding hydrogens is 434 g/mol. The molecule has 0 aliphatic carbocycles. The summed E-state index contributed by atoms with van der Waals surface area (Å²) in [6.07, 6.45) is 1.47. The van der Waals surface area contributed by atoms with Crippen LogP contribution in [0.4, 0.5) is 5.69 Å². The van der Waals surface area contributed by atoms with Gasteiger partial charge in [0.15, 0.2) is 5.52 Å². The van der Waals surface area contributed by atoms with Gasteiger partial charge in [0.25, 0.3) is 5.56 Å². The van der Waals surface area contributed by atoms with Gasteiger partial charge < -0.3 is 9.73 Å². The molecule has 9 nitrogen and oxygen atoms in total. The van der Waals surface area contributed by atoms with Crippen LogP contribution in [0.2, 0.25) is 5.02 Å². The van der Waals surface area contributed by atoms with Crippen LogP contribution in [0.3, 0.4) is 0 Å².